The van der Waals surface area contributed by atoms with Crippen LogP contribution in [-0.4, -0.2) is 35.8 Å². The molecule has 31 heavy (non-hydrogen) atoms. The number of amides is 1. The molecule has 1 atom stereocenters. The molecule has 0 bridgehead atoms. The maximum absolute atomic E-state index is 12.9. The molecular formula is C27H27NO3. The first-order valence-electron chi connectivity index (χ1n) is 10.8. The van der Waals surface area contributed by atoms with Crippen molar-refractivity contribution in [2.24, 2.45) is 5.92 Å². The molecule has 3 aromatic rings. The number of Topliss-reactive ketones (excluding diaryl/α,β-unsaturated/α-hetero) is 1. The second kappa shape index (κ2) is 9.61. The molecule has 4 nitrogen and oxygen atoms in total. The fraction of sp³-hybridized carbons (Fsp3) is 0.259. The van der Waals surface area contributed by atoms with Crippen molar-refractivity contribution >= 4 is 11.7 Å². The Balaban J connectivity index is 1.30. The first-order chi connectivity index (χ1) is 15.1. The van der Waals surface area contributed by atoms with Crippen LogP contribution in [0.5, 0.6) is 5.75 Å². The number of rotatable bonds is 6. The number of ether oxygens (including phenoxy) is 1. The number of ketones is 1. The highest BCUT2D eigenvalue weighted by atomic mass is 16.5. The summed E-state index contributed by atoms with van der Waals surface area (Å²) < 4.78 is 5.91. The highest BCUT2D eigenvalue weighted by Gasteiger charge is 2.30. The largest absolute Gasteiger partial charge is 0.481 e. The molecular weight excluding hydrogens is 386 g/mol. The normalized spacial score (nSPS) is 15.3. The first kappa shape index (κ1) is 20.9. The van der Waals surface area contributed by atoms with Crippen LogP contribution in [0.25, 0.3) is 11.1 Å². The molecule has 1 amide bonds. The van der Waals surface area contributed by atoms with Crippen LogP contribution in [0.1, 0.15) is 30.1 Å². The van der Waals surface area contributed by atoms with E-state index in [0.717, 1.165) is 16.7 Å². The van der Waals surface area contributed by atoms with Gasteiger partial charge < -0.3 is 9.64 Å². The first-order valence-corrected chi connectivity index (χ1v) is 10.8. The topological polar surface area (TPSA) is 46.6 Å². The van der Waals surface area contributed by atoms with E-state index in [2.05, 4.69) is 12.1 Å². The van der Waals surface area contributed by atoms with Crippen molar-refractivity contribution in [2.45, 2.75) is 25.9 Å². The number of likely N-dealkylation sites (tertiary alicyclic amines) is 1. The molecule has 1 fully saturated rings. The quantitative estimate of drug-likeness (QED) is 0.519. The Kier molecular flexibility index (Phi) is 6.46. The Labute approximate surface area is 183 Å². The SMILES string of the molecule is CC(Oc1ccc(-c2ccccc2)cc1)C(=O)N1CCC(C(=O)c2ccccc2)CC1. The Bertz CT molecular complexity index is 1010. The minimum Gasteiger partial charge on any atom is -0.481 e. The predicted molar refractivity (Wildman–Crippen MR) is 122 cm³/mol. The van der Waals surface area contributed by atoms with E-state index in [0.29, 0.717) is 31.7 Å². The lowest BCUT2D eigenvalue weighted by molar-refractivity contribution is -0.139. The van der Waals surface area contributed by atoms with Gasteiger partial charge in [-0.3, -0.25) is 9.59 Å². The molecule has 0 aromatic heterocycles. The van der Waals surface area contributed by atoms with Crippen LogP contribution in [0.4, 0.5) is 0 Å². The van der Waals surface area contributed by atoms with E-state index in [1.165, 1.54) is 0 Å². The Morgan fingerprint density at radius 3 is 1.97 bits per heavy atom. The summed E-state index contributed by atoms with van der Waals surface area (Å²) in [5.41, 5.74) is 3.01. The molecule has 0 aliphatic carbocycles. The maximum Gasteiger partial charge on any atom is 0.263 e. The van der Waals surface area contributed by atoms with Crippen molar-refractivity contribution in [3.05, 3.63) is 90.5 Å². The molecule has 1 saturated heterocycles. The summed E-state index contributed by atoms with van der Waals surface area (Å²) in [6, 6.07) is 27.4. The van der Waals surface area contributed by atoms with Crippen LogP contribution in [0.2, 0.25) is 0 Å². The van der Waals surface area contributed by atoms with Crippen molar-refractivity contribution in [3.8, 4) is 16.9 Å². The maximum atomic E-state index is 12.9. The van der Waals surface area contributed by atoms with Gasteiger partial charge in [0.2, 0.25) is 0 Å². The fourth-order valence-electron chi connectivity index (χ4n) is 4.07. The second-order valence-electron chi connectivity index (χ2n) is 7.98. The molecule has 4 heteroatoms. The lowest BCUT2D eigenvalue weighted by atomic mass is 9.89. The summed E-state index contributed by atoms with van der Waals surface area (Å²) in [6.45, 7) is 2.96. The van der Waals surface area contributed by atoms with Crippen LogP contribution >= 0.6 is 0 Å². The minimum atomic E-state index is -0.566. The fourth-order valence-corrected chi connectivity index (χ4v) is 4.07. The molecule has 1 heterocycles. The minimum absolute atomic E-state index is 0.0202. The molecule has 0 N–H and O–H groups in total. The van der Waals surface area contributed by atoms with Gasteiger partial charge >= 0.3 is 0 Å². The number of piperidine rings is 1. The summed E-state index contributed by atoms with van der Waals surface area (Å²) in [6.07, 6.45) is 0.819. The molecule has 4 rings (SSSR count). The third-order valence-corrected chi connectivity index (χ3v) is 5.86. The molecule has 1 aliphatic heterocycles. The third kappa shape index (κ3) is 5.02. The van der Waals surface area contributed by atoms with Gasteiger partial charge in [-0.2, -0.15) is 0 Å². The zero-order valence-electron chi connectivity index (χ0n) is 17.7. The highest BCUT2D eigenvalue weighted by molar-refractivity contribution is 5.98. The van der Waals surface area contributed by atoms with Crippen LogP contribution in [0.15, 0.2) is 84.9 Å². The van der Waals surface area contributed by atoms with Crippen molar-refractivity contribution < 1.29 is 14.3 Å². The number of hydrogen-bond donors (Lipinski definition) is 0. The van der Waals surface area contributed by atoms with Gasteiger partial charge in [0.1, 0.15) is 5.75 Å². The molecule has 158 valence electrons. The van der Waals surface area contributed by atoms with E-state index >= 15 is 0 Å². The number of benzene rings is 3. The number of hydrogen-bond acceptors (Lipinski definition) is 3. The Morgan fingerprint density at radius 2 is 1.35 bits per heavy atom. The van der Waals surface area contributed by atoms with E-state index in [9.17, 15) is 9.59 Å². The van der Waals surface area contributed by atoms with Gasteiger partial charge in [0.05, 0.1) is 0 Å². The third-order valence-electron chi connectivity index (χ3n) is 5.86. The predicted octanol–water partition coefficient (Wildman–Crippen LogP) is 5.24. The molecule has 0 spiro atoms. The van der Waals surface area contributed by atoms with E-state index in [1.54, 1.807) is 6.92 Å². The monoisotopic (exact) mass is 413 g/mol. The van der Waals surface area contributed by atoms with Gasteiger partial charge in [0, 0.05) is 24.6 Å². The summed E-state index contributed by atoms with van der Waals surface area (Å²) in [4.78, 5) is 27.3. The van der Waals surface area contributed by atoms with Crippen molar-refractivity contribution in [3.63, 3.8) is 0 Å². The highest BCUT2D eigenvalue weighted by Crippen LogP contribution is 2.25. The van der Waals surface area contributed by atoms with Crippen LogP contribution in [0.3, 0.4) is 0 Å². The van der Waals surface area contributed by atoms with Gasteiger partial charge in [0.15, 0.2) is 11.9 Å². The molecule has 1 unspecified atom stereocenters. The van der Waals surface area contributed by atoms with Crippen LogP contribution in [-0.2, 0) is 4.79 Å². The Hall–Kier alpha value is -3.40. The van der Waals surface area contributed by atoms with Crippen molar-refractivity contribution in [1.82, 2.24) is 4.90 Å². The van der Waals surface area contributed by atoms with E-state index < -0.39 is 6.10 Å². The second-order valence-corrected chi connectivity index (χ2v) is 7.98. The van der Waals surface area contributed by atoms with E-state index in [1.807, 2.05) is 77.7 Å². The van der Waals surface area contributed by atoms with Crippen molar-refractivity contribution in [1.29, 1.82) is 0 Å². The zero-order chi connectivity index (χ0) is 21.6. The molecule has 1 aliphatic rings. The zero-order valence-corrected chi connectivity index (χ0v) is 17.7. The lowest BCUT2D eigenvalue weighted by Crippen LogP contribution is -2.45. The van der Waals surface area contributed by atoms with Gasteiger partial charge in [-0.15, -0.1) is 0 Å². The average Bonchev–Trinajstić information content (AvgIpc) is 2.85. The molecule has 0 saturated carbocycles. The summed E-state index contributed by atoms with van der Waals surface area (Å²) in [5, 5.41) is 0. The van der Waals surface area contributed by atoms with E-state index in [4.69, 9.17) is 4.74 Å². The molecule has 0 radical (unpaired) electrons. The number of carbonyl (C=O) groups excluding carboxylic acids is 2. The van der Waals surface area contributed by atoms with Gasteiger partial charge in [-0.25, -0.2) is 0 Å². The van der Waals surface area contributed by atoms with Crippen molar-refractivity contribution in [2.75, 3.05) is 13.1 Å². The van der Waals surface area contributed by atoms with Gasteiger partial charge in [-0.1, -0.05) is 72.8 Å². The van der Waals surface area contributed by atoms with Gasteiger partial charge in [-0.05, 0) is 43.0 Å². The molecule has 3 aromatic carbocycles. The van der Waals surface area contributed by atoms with Crippen LogP contribution in [0, 0.1) is 5.92 Å². The van der Waals surface area contributed by atoms with Gasteiger partial charge in [0.25, 0.3) is 5.91 Å². The van der Waals surface area contributed by atoms with Crippen LogP contribution < -0.4 is 4.74 Å². The summed E-state index contributed by atoms with van der Waals surface area (Å²) in [7, 11) is 0. The standard InChI is InChI=1S/C27H27NO3/c1-20(31-25-14-12-22(13-15-25)21-8-4-2-5-9-21)27(30)28-18-16-24(17-19-28)26(29)23-10-6-3-7-11-23/h2-15,20,24H,16-19H2,1H3. The number of nitrogens with zero attached hydrogens (tertiary/aromatic N) is 1. The number of carbonyl (C=O) groups is 2. The summed E-state index contributed by atoms with van der Waals surface area (Å²) in [5.74, 6) is 0.802. The van der Waals surface area contributed by atoms with E-state index in [-0.39, 0.29) is 17.6 Å². The smallest absolute Gasteiger partial charge is 0.263 e. The average molecular weight is 414 g/mol. The summed E-state index contributed by atoms with van der Waals surface area (Å²) >= 11 is 0. The lowest BCUT2D eigenvalue weighted by Gasteiger charge is -2.33. The Morgan fingerprint density at radius 1 is 0.806 bits per heavy atom.